The molecule has 0 unspecified atom stereocenters. The second-order valence-corrected chi connectivity index (χ2v) is 8.24. The lowest BCUT2D eigenvalue weighted by molar-refractivity contribution is -0.137. The first-order valence-electron chi connectivity index (χ1n) is 10.2. The van der Waals surface area contributed by atoms with Crippen molar-refractivity contribution in [1.82, 2.24) is 15.0 Å². The number of nitrogens with two attached hydrogens (primary N) is 1. The van der Waals surface area contributed by atoms with Crippen LogP contribution < -0.4 is 11.1 Å². The number of carbonyl (C=O) groups is 1. The van der Waals surface area contributed by atoms with Gasteiger partial charge in [0.2, 0.25) is 11.9 Å². The van der Waals surface area contributed by atoms with Crippen LogP contribution in [0.1, 0.15) is 42.5 Å². The minimum absolute atomic E-state index is 0.238. The number of fused-ring (bicyclic) bond motifs is 2. The number of aromatic nitrogens is 3. The number of carbonyl (C=O) groups excluding carboxylic acids is 1. The van der Waals surface area contributed by atoms with Gasteiger partial charge in [0, 0.05) is 29.5 Å². The molecule has 166 valence electrons. The van der Waals surface area contributed by atoms with E-state index in [1.165, 1.54) is 12.1 Å². The summed E-state index contributed by atoms with van der Waals surface area (Å²) in [6.45, 7) is 3.97. The third kappa shape index (κ3) is 4.28. The molecule has 0 aliphatic heterocycles. The van der Waals surface area contributed by atoms with Gasteiger partial charge >= 0.3 is 6.18 Å². The number of halogens is 3. The molecular formula is C23H22F3N5O. The number of allylic oxidation sites excluding steroid dienone is 1. The molecular weight excluding hydrogens is 419 g/mol. The highest BCUT2D eigenvalue weighted by atomic mass is 19.4. The van der Waals surface area contributed by atoms with Crippen molar-refractivity contribution in [2.75, 3.05) is 5.32 Å². The maximum absolute atomic E-state index is 13.1. The number of anilines is 1. The van der Waals surface area contributed by atoms with Crippen molar-refractivity contribution in [3.8, 4) is 0 Å². The quantitative estimate of drug-likeness (QED) is 0.593. The summed E-state index contributed by atoms with van der Waals surface area (Å²) in [4.78, 5) is 24.9. The molecule has 4 rings (SSSR count). The van der Waals surface area contributed by atoms with Gasteiger partial charge in [-0.2, -0.15) is 13.2 Å². The van der Waals surface area contributed by atoms with E-state index in [0.29, 0.717) is 34.9 Å². The maximum atomic E-state index is 13.1. The molecule has 0 saturated carbocycles. The monoisotopic (exact) mass is 441 g/mol. The van der Waals surface area contributed by atoms with Crippen LogP contribution in [0.2, 0.25) is 0 Å². The van der Waals surface area contributed by atoms with Crippen molar-refractivity contribution in [2.24, 2.45) is 11.7 Å². The van der Waals surface area contributed by atoms with E-state index in [4.69, 9.17) is 5.73 Å². The predicted molar refractivity (Wildman–Crippen MR) is 116 cm³/mol. The Balaban J connectivity index is 1.72. The summed E-state index contributed by atoms with van der Waals surface area (Å²) in [6, 6.07) is 3.14. The topological polar surface area (TPSA) is 93.8 Å². The molecule has 1 aliphatic rings. The summed E-state index contributed by atoms with van der Waals surface area (Å²) >= 11 is 0. The van der Waals surface area contributed by atoms with E-state index in [0.717, 1.165) is 17.2 Å². The summed E-state index contributed by atoms with van der Waals surface area (Å²) in [7, 11) is 0. The molecule has 0 radical (unpaired) electrons. The summed E-state index contributed by atoms with van der Waals surface area (Å²) in [5, 5.41) is 3.68. The number of pyridine rings is 1. The zero-order chi connectivity index (χ0) is 23.0. The molecule has 1 atom stereocenters. The summed E-state index contributed by atoms with van der Waals surface area (Å²) in [5.74, 6) is -0.00663. The van der Waals surface area contributed by atoms with Crippen molar-refractivity contribution >= 4 is 28.3 Å². The van der Waals surface area contributed by atoms with Gasteiger partial charge in [-0.1, -0.05) is 26.0 Å². The third-order valence-electron chi connectivity index (χ3n) is 5.38. The molecule has 2 heterocycles. The Morgan fingerprint density at radius 3 is 2.66 bits per heavy atom. The molecule has 3 N–H and O–H groups in total. The molecule has 1 amide bonds. The highest BCUT2D eigenvalue weighted by Gasteiger charge is 2.32. The van der Waals surface area contributed by atoms with Gasteiger partial charge in [-0.3, -0.25) is 9.78 Å². The number of hydrogen-bond donors (Lipinski definition) is 2. The van der Waals surface area contributed by atoms with Gasteiger partial charge in [0.25, 0.3) is 0 Å². The average molecular weight is 441 g/mol. The van der Waals surface area contributed by atoms with Crippen LogP contribution in [0, 0.1) is 5.92 Å². The Morgan fingerprint density at radius 1 is 1.19 bits per heavy atom. The first-order chi connectivity index (χ1) is 15.1. The Morgan fingerprint density at radius 2 is 1.97 bits per heavy atom. The number of benzene rings is 1. The zero-order valence-corrected chi connectivity index (χ0v) is 17.6. The van der Waals surface area contributed by atoms with Crippen LogP contribution in [-0.2, 0) is 17.4 Å². The summed E-state index contributed by atoms with van der Waals surface area (Å²) in [5.41, 5.74) is 8.21. The Bertz CT molecular complexity index is 1220. The third-order valence-corrected chi connectivity index (χ3v) is 5.38. The molecule has 1 aromatic carbocycles. The molecule has 32 heavy (non-hydrogen) atoms. The normalized spacial score (nSPS) is 14.4. The fourth-order valence-corrected chi connectivity index (χ4v) is 3.87. The van der Waals surface area contributed by atoms with Crippen LogP contribution in [0.25, 0.3) is 16.5 Å². The number of primary amides is 1. The van der Waals surface area contributed by atoms with E-state index in [1.54, 1.807) is 18.6 Å². The van der Waals surface area contributed by atoms with Gasteiger partial charge in [0.15, 0.2) is 0 Å². The van der Waals surface area contributed by atoms with E-state index in [2.05, 4.69) is 20.3 Å². The number of amides is 1. The fraction of sp³-hybridized carbons (Fsp3) is 0.304. The van der Waals surface area contributed by atoms with Gasteiger partial charge in [0.05, 0.1) is 11.1 Å². The van der Waals surface area contributed by atoms with Gasteiger partial charge in [-0.05, 0) is 47.6 Å². The first kappa shape index (κ1) is 21.7. The van der Waals surface area contributed by atoms with Gasteiger partial charge in [-0.15, -0.1) is 0 Å². The fourth-order valence-electron chi connectivity index (χ4n) is 3.87. The van der Waals surface area contributed by atoms with Gasteiger partial charge in [-0.25, -0.2) is 9.97 Å². The minimum Gasteiger partial charge on any atom is -0.368 e. The highest BCUT2D eigenvalue weighted by molar-refractivity contribution is 5.97. The largest absolute Gasteiger partial charge is 0.416 e. The average Bonchev–Trinajstić information content (AvgIpc) is 3.15. The molecule has 0 saturated heterocycles. The van der Waals surface area contributed by atoms with E-state index in [1.807, 2.05) is 19.9 Å². The second-order valence-electron chi connectivity index (χ2n) is 8.24. The lowest BCUT2D eigenvalue weighted by Gasteiger charge is -2.18. The van der Waals surface area contributed by atoms with Crippen LogP contribution in [0.5, 0.6) is 0 Å². The SMILES string of the molecule is CC(C)C[C@@H](Nc1ncc2cncc(C3=CCc4cc(C(F)(F)F)ccc43)c2n1)C(N)=O. The van der Waals surface area contributed by atoms with E-state index in [-0.39, 0.29) is 11.9 Å². The van der Waals surface area contributed by atoms with Gasteiger partial charge in [0.1, 0.15) is 6.04 Å². The molecule has 0 bridgehead atoms. The summed E-state index contributed by atoms with van der Waals surface area (Å²) in [6.07, 6.45) is 3.25. The Hall–Kier alpha value is -3.49. The van der Waals surface area contributed by atoms with Crippen LogP contribution in [0.4, 0.5) is 19.1 Å². The smallest absolute Gasteiger partial charge is 0.368 e. The van der Waals surface area contributed by atoms with E-state index in [9.17, 15) is 18.0 Å². The van der Waals surface area contributed by atoms with E-state index < -0.39 is 23.7 Å². The van der Waals surface area contributed by atoms with Crippen LogP contribution >= 0.6 is 0 Å². The molecule has 3 aromatic rings. The summed E-state index contributed by atoms with van der Waals surface area (Å²) < 4.78 is 39.3. The van der Waals surface area contributed by atoms with Crippen molar-refractivity contribution in [3.63, 3.8) is 0 Å². The minimum atomic E-state index is -4.39. The second kappa shape index (κ2) is 8.22. The van der Waals surface area contributed by atoms with Crippen molar-refractivity contribution in [3.05, 3.63) is 65.1 Å². The molecule has 6 nitrogen and oxygen atoms in total. The first-order valence-corrected chi connectivity index (χ1v) is 10.2. The number of rotatable bonds is 6. The van der Waals surface area contributed by atoms with Crippen molar-refractivity contribution in [1.29, 1.82) is 0 Å². The van der Waals surface area contributed by atoms with Crippen LogP contribution in [0.3, 0.4) is 0 Å². The van der Waals surface area contributed by atoms with Gasteiger partial charge < -0.3 is 11.1 Å². The lowest BCUT2D eigenvalue weighted by atomic mass is 9.97. The Labute approximate surface area is 182 Å². The van der Waals surface area contributed by atoms with Crippen LogP contribution in [0.15, 0.2) is 42.9 Å². The van der Waals surface area contributed by atoms with Crippen molar-refractivity contribution in [2.45, 2.75) is 38.9 Å². The molecule has 9 heteroatoms. The standard InChI is InChI=1S/C23H22F3N5O/c1-12(2)7-19(21(27)32)30-22-29-10-14-9-28-11-18(20(14)31-22)17-5-3-13-8-15(23(24,25)26)4-6-16(13)17/h4-6,8-12,19H,3,7H2,1-2H3,(H2,27,32)(H,29,30,31)/t19-/m1/s1. The Kier molecular flexibility index (Phi) is 5.58. The number of alkyl halides is 3. The molecule has 1 aliphatic carbocycles. The number of nitrogens with zero attached hydrogens (tertiary/aromatic N) is 3. The highest BCUT2D eigenvalue weighted by Crippen LogP contribution is 2.38. The maximum Gasteiger partial charge on any atom is 0.416 e. The van der Waals surface area contributed by atoms with E-state index >= 15 is 0 Å². The van der Waals surface area contributed by atoms with Crippen LogP contribution in [-0.4, -0.2) is 26.9 Å². The van der Waals surface area contributed by atoms with Crippen molar-refractivity contribution < 1.29 is 18.0 Å². The number of hydrogen-bond acceptors (Lipinski definition) is 5. The predicted octanol–water partition coefficient (Wildman–Crippen LogP) is 4.34. The molecule has 2 aromatic heterocycles. The number of nitrogens with one attached hydrogen (secondary N) is 1. The zero-order valence-electron chi connectivity index (χ0n) is 17.6. The molecule has 0 spiro atoms. The lowest BCUT2D eigenvalue weighted by Crippen LogP contribution is -2.37. The molecule has 0 fully saturated rings.